The summed E-state index contributed by atoms with van der Waals surface area (Å²) in [5.41, 5.74) is 1.49. The van der Waals surface area contributed by atoms with Crippen LogP contribution < -0.4 is 10.9 Å². The van der Waals surface area contributed by atoms with Crippen molar-refractivity contribution in [3.8, 4) is 11.3 Å². The van der Waals surface area contributed by atoms with Crippen LogP contribution >= 0.6 is 11.3 Å². The van der Waals surface area contributed by atoms with Crippen molar-refractivity contribution in [2.24, 2.45) is 5.92 Å². The number of carbonyl (C=O) groups is 3. The number of imide groups is 1. The summed E-state index contributed by atoms with van der Waals surface area (Å²) in [6, 6.07) is 3.09. The number of thiophene rings is 1. The van der Waals surface area contributed by atoms with Crippen molar-refractivity contribution in [2.45, 2.75) is 32.1 Å². The van der Waals surface area contributed by atoms with E-state index in [0.717, 1.165) is 23.3 Å². The average Bonchev–Trinajstić information content (AvgIpc) is 3.40. The van der Waals surface area contributed by atoms with E-state index in [4.69, 9.17) is 0 Å². The minimum atomic E-state index is -0.381. The van der Waals surface area contributed by atoms with Crippen molar-refractivity contribution in [1.29, 1.82) is 0 Å². The maximum absolute atomic E-state index is 12.5. The van der Waals surface area contributed by atoms with E-state index in [9.17, 15) is 19.2 Å². The fourth-order valence-corrected chi connectivity index (χ4v) is 4.70. The molecule has 4 rings (SSSR count). The van der Waals surface area contributed by atoms with Gasteiger partial charge >= 0.3 is 6.03 Å². The van der Waals surface area contributed by atoms with Gasteiger partial charge in [-0.05, 0) is 36.6 Å². The predicted molar refractivity (Wildman–Crippen MR) is 116 cm³/mol. The Morgan fingerprint density at radius 1 is 1.23 bits per heavy atom. The fraction of sp³-hybridized carbons (Fsp3) is 0.476. The molecule has 0 aromatic carbocycles. The monoisotopic (exact) mass is 443 g/mol. The van der Waals surface area contributed by atoms with E-state index in [1.807, 2.05) is 21.7 Å². The number of H-pyrrole nitrogens is 1. The second-order valence-electron chi connectivity index (χ2n) is 7.93. The smallest absolute Gasteiger partial charge is 0.324 e. The summed E-state index contributed by atoms with van der Waals surface area (Å²) >= 11 is 1.57. The number of likely N-dealkylation sites (tertiary alicyclic amines) is 1. The van der Waals surface area contributed by atoms with Crippen LogP contribution in [0.4, 0.5) is 4.79 Å². The molecule has 0 aliphatic carbocycles. The molecule has 0 spiro atoms. The number of hydrogen-bond acceptors (Lipinski definition) is 6. The predicted octanol–water partition coefficient (Wildman–Crippen LogP) is 1.61. The van der Waals surface area contributed by atoms with Crippen LogP contribution in [0.15, 0.2) is 27.7 Å². The number of nitrogens with one attached hydrogen (secondary N) is 2. The van der Waals surface area contributed by atoms with E-state index < -0.39 is 0 Å². The molecule has 164 valence electrons. The lowest BCUT2D eigenvalue weighted by molar-refractivity contribution is -0.133. The van der Waals surface area contributed by atoms with Crippen LogP contribution in [0.5, 0.6) is 0 Å². The van der Waals surface area contributed by atoms with Crippen LogP contribution in [-0.2, 0) is 16.0 Å². The number of piperidine rings is 1. The van der Waals surface area contributed by atoms with E-state index in [2.05, 4.69) is 15.3 Å². The molecule has 4 heterocycles. The van der Waals surface area contributed by atoms with Gasteiger partial charge in [0.05, 0.1) is 12.2 Å². The summed E-state index contributed by atoms with van der Waals surface area (Å²) < 4.78 is 0. The van der Waals surface area contributed by atoms with Crippen LogP contribution in [-0.4, -0.2) is 63.8 Å². The first kappa shape index (κ1) is 21.2. The Hall–Kier alpha value is -3.01. The Kier molecular flexibility index (Phi) is 6.45. The second-order valence-corrected chi connectivity index (χ2v) is 8.71. The quantitative estimate of drug-likeness (QED) is 0.631. The van der Waals surface area contributed by atoms with Crippen LogP contribution in [0, 0.1) is 5.92 Å². The lowest BCUT2D eigenvalue weighted by Gasteiger charge is -2.32. The summed E-state index contributed by atoms with van der Waals surface area (Å²) in [5, 5.41) is 6.41. The summed E-state index contributed by atoms with van der Waals surface area (Å²) in [6.45, 7) is 1.64. The highest BCUT2D eigenvalue weighted by atomic mass is 32.1. The lowest BCUT2D eigenvalue weighted by Crippen LogP contribution is -2.39. The first-order chi connectivity index (χ1) is 15.0. The number of aromatic amines is 1. The van der Waals surface area contributed by atoms with Gasteiger partial charge in [-0.25, -0.2) is 9.78 Å². The zero-order valence-corrected chi connectivity index (χ0v) is 18.0. The zero-order valence-electron chi connectivity index (χ0n) is 17.1. The maximum Gasteiger partial charge on any atom is 0.324 e. The van der Waals surface area contributed by atoms with Crippen molar-refractivity contribution in [2.75, 3.05) is 26.2 Å². The molecule has 2 aliphatic rings. The standard InChI is InChI=1S/C21H25N5O4S/c27-18-11-16(15-5-9-31-13-15)23-17(24-18)10-14-3-7-25(8-4-14)19(28)2-1-6-26-20(29)12-22-21(26)30/h5,9,11,13-14H,1-4,6-8,10,12H2,(H,22,30)(H,23,24,27). The summed E-state index contributed by atoms with van der Waals surface area (Å²) in [4.78, 5) is 58.1. The van der Waals surface area contributed by atoms with Gasteiger partial charge in [0.15, 0.2) is 0 Å². The average molecular weight is 444 g/mol. The van der Waals surface area contributed by atoms with Crippen molar-refractivity contribution < 1.29 is 14.4 Å². The van der Waals surface area contributed by atoms with Crippen molar-refractivity contribution >= 4 is 29.2 Å². The van der Waals surface area contributed by atoms with Gasteiger partial charge in [-0.2, -0.15) is 11.3 Å². The Balaban J connectivity index is 1.24. The summed E-state index contributed by atoms with van der Waals surface area (Å²) in [5.74, 6) is 0.854. The SMILES string of the molecule is O=C(CCCN1C(=O)CNC1=O)N1CCC(Cc2nc(-c3ccsc3)cc(=O)[nH]2)CC1. The first-order valence-corrected chi connectivity index (χ1v) is 11.4. The fourth-order valence-electron chi connectivity index (χ4n) is 4.05. The molecule has 2 aromatic heterocycles. The number of hydrogen-bond donors (Lipinski definition) is 2. The van der Waals surface area contributed by atoms with Crippen LogP contribution in [0.3, 0.4) is 0 Å². The molecule has 0 bridgehead atoms. The maximum atomic E-state index is 12.5. The number of urea groups is 1. The minimum absolute atomic E-state index is 0.0383. The molecule has 2 N–H and O–H groups in total. The molecular formula is C21H25N5O4S. The van der Waals surface area contributed by atoms with E-state index in [-0.39, 0.29) is 36.5 Å². The number of amides is 4. The molecule has 2 aromatic rings. The van der Waals surface area contributed by atoms with Crippen molar-refractivity contribution in [3.05, 3.63) is 39.1 Å². The third-order valence-corrected chi connectivity index (χ3v) is 6.45. The van der Waals surface area contributed by atoms with Gasteiger partial charge in [0.25, 0.3) is 5.56 Å². The van der Waals surface area contributed by atoms with Gasteiger partial charge in [-0.3, -0.25) is 19.3 Å². The van der Waals surface area contributed by atoms with Gasteiger partial charge in [-0.15, -0.1) is 0 Å². The minimum Gasteiger partial charge on any atom is -0.343 e. The van der Waals surface area contributed by atoms with Crippen LogP contribution in [0.2, 0.25) is 0 Å². The van der Waals surface area contributed by atoms with Crippen LogP contribution in [0.1, 0.15) is 31.5 Å². The van der Waals surface area contributed by atoms with Gasteiger partial charge in [-0.1, -0.05) is 0 Å². The third kappa shape index (κ3) is 5.19. The third-order valence-electron chi connectivity index (χ3n) is 5.77. The number of carbonyl (C=O) groups excluding carboxylic acids is 3. The molecule has 10 heteroatoms. The van der Waals surface area contributed by atoms with E-state index in [0.29, 0.717) is 49.8 Å². The van der Waals surface area contributed by atoms with E-state index in [1.54, 1.807) is 11.3 Å². The molecule has 4 amide bonds. The molecule has 2 saturated heterocycles. The lowest BCUT2D eigenvalue weighted by atomic mass is 9.93. The highest BCUT2D eigenvalue weighted by molar-refractivity contribution is 7.08. The van der Waals surface area contributed by atoms with E-state index >= 15 is 0 Å². The number of nitrogens with zero attached hydrogens (tertiary/aromatic N) is 3. The molecular weight excluding hydrogens is 418 g/mol. The molecule has 2 fully saturated rings. The van der Waals surface area contributed by atoms with Gasteiger partial charge < -0.3 is 15.2 Å². The molecule has 2 aliphatic heterocycles. The van der Waals surface area contributed by atoms with Crippen molar-refractivity contribution in [1.82, 2.24) is 25.1 Å². The molecule has 0 unspecified atom stereocenters. The van der Waals surface area contributed by atoms with Crippen molar-refractivity contribution in [3.63, 3.8) is 0 Å². The zero-order chi connectivity index (χ0) is 21.8. The molecule has 0 atom stereocenters. The highest BCUT2D eigenvalue weighted by Crippen LogP contribution is 2.23. The second kappa shape index (κ2) is 9.42. The van der Waals surface area contributed by atoms with Gasteiger partial charge in [0, 0.05) is 49.5 Å². The highest BCUT2D eigenvalue weighted by Gasteiger charge is 2.28. The molecule has 0 radical (unpaired) electrons. The Morgan fingerprint density at radius 2 is 2.03 bits per heavy atom. The Labute approximate surface area is 183 Å². The molecule has 0 saturated carbocycles. The summed E-state index contributed by atoms with van der Waals surface area (Å²) in [7, 11) is 0. The number of rotatable bonds is 7. The Bertz CT molecular complexity index is 995. The van der Waals surface area contributed by atoms with Gasteiger partial charge in [0.1, 0.15) is 5.82 Å². The van der Waals surface area contributed by atoms with Crippen LogP contribution in [0.25, 0.3) is 11.3 Å². The molecule has 31 heavy (non-hydrogen) atoms. The van der Waals surface area contributed by atoms with Gasteiger partial charge in [0.2, 0.25) is 11.8 Å². The topological polar surface area (TPSA) is 115 Å². The largest absolute Gasteiger partial charge is 0.343 e. The van der Waals surface area contributed by atoms with E-state index in [1.165, 1.54) is 6.07 Å². The summed E-state index contributed by atoms with van der Waals surface area (Å²) in [6.07, 6.45) is 3.18. The number of aromatic nitrogens is 2. The Morgan fingerprint density at radius 3 is 2.71 bits per heavy atom. The first-order valence-electron chi connectivity index (χ1n) is 10.5. The molecule has 9 nitrogen and oxygen atoms in total. The normalized spacial score (nSPS) is 17.3.